The number of halogens is 1. The van der Waals surface area contributed by atoms with Crippen LogP contribution in [-0.4, -0.2) is 17.1 Å². The van der Waals surface area contributed by atoms with E-state index in [4.69, 9.17) is 22.1 Å². The Morgan fingerprint density at radius 2 is 1.94 bits per heavy atom. The highest BCUT2D eigenvalue weighted by atomic mass is 35.5. The van der Waals surface area contributed by atoms with E-state index in [1.54, 1.807) is 19.4 Å². The molecule has 2 rings (SSSR count). The van der Waals surface area contributed by atoms with E-state index >= 15 is 0 Å². The van der Waals surface area contributed by atoms with Crippen LogP contribution in [0.15, 0.2) is 36.5 Å². The third-order valence-corrected chi connectivity index (χ3v) is 2.62. The maximum absolute atomic E-state index is 6.09. The molecule has 88 valence electrons. The molecular weight excluding hydrogens is 238 g/mol. The summed E-state index contributed by atoms with van der Waals surface area (Å²) in [4.78, 5) is 7.91. The molecule has 5 heteroatoms. The first-order valence-corrected chi connectivity index (χ1v) is 5.46. The highest BCUT2D eigenvalue weighted by molar-refractivity contribution is 6.28. The minimum Gasteiger partial charge on any atom is -0.497 e. The molecule has 4 nitrogen and oxygen atoms in total. The highest BCUT2D eigenvalue weighted by Gasteiger charge is 2.10. The molecule has 0 aliphatic carbocycles. The van der Waals surface area contributed by atoms with Gasteiger partial charge in [-0.25, -0.2) is 9.97 Å². The third-order valence-electron chi connectivity index (χ3n) is 2.44. The molecule has 2 aromatic rings. The van der Waals surface area contributed by atoms with Crippen molar-refractivity contribution < 1.29 is 4.74 Å². The Labute approximate surface area is 104 Å². The van der Waals surface area contributed by atoms with Crippen LogP contribution in [-0.2, 0) is 0 Å². The maximum Gasteiger partial charge on any atom is 0.222 e. The Hall–Kier alpha value is -1.65. The predicted octanol–water partition coefficient (Wildman–Crippen LogP) is 2.19. The summed E-state index contributed by atoms with van der Waals surface area (Å²) in [6, 6.07) is 8.96. The number of rotatable bonds is 3. The normalized spacial score (nSPS) is 12.2. The van der Waals surface area contributed by atoms with Gasteiger partial charge in [-0.15, -0.1) is 0 Å². The van der Waals surface area contributed by atoms with Crippen molar-refractivity contribution in [3.05, 3.63) is 53.1 Å². The van der Waals surface area contributed by atoms with E-state index < -0.39 is 0 Å². The summed E-state index contributed by atoms with van der Waals surface area (Å²) in [7, 11) is 1.62. The lowest BCUT2D eigenvalue weighted by atomic mass is 10.0. The topological polar surface area (TPSA) is 61.0 Å². The van der Waals surface area contributed by atoms with Crippen molar-refractivity contribution in [3.8, 4) is 5.75 Å². The van der Waals surface area contributed by atoms with Gasteiger partial charge in [0.25, 0.3) is 0 Å². The van der Waals surface area contributed by atoms with E-state index in [-0.39, 0.29) is 11.3 Å². The maximum atomic E-state index is 6.09. The molecule has 2 N–H and O–H groups in total. The summed E-state index contributed by atoms with van der Waals surface area (Å²) in [6.45, 7) is 0. The molecule has 0 spiro atoms. The van der Waals surface area contributed by atoms with Gasteiger partial charge in [0, 0.05) is 6.20 Å². The number of nitrogens with two attached hydrogens (primary N) is 1. The largest absolute Gasteiger partial charge is 0.497 e. The van der Waals surface area contributed by atoms with Gasteiger partial charge in [-0.05, 0) is 35.4 Å². The predicted molar refractivity (Wildman–Crippen MR) is 66.1 cm³/mol. The zero-order chi connectivity index (χ0) is 12.3. The Morgan fingerprint density at radius 3 is 2.53 bits per heavy atom. The third kappa shape index (κ3) is 2.72. The van der Waals surface area contributed by atoms with Gasteiger partial charge in [-0.3, -0.25) is 0 Å². The van der Waals surface area contributed by atoms with Gasteiger partial charge in [0.05, 0.1) is 18.8 Å². The van der Waals surface area contributed by atoms with Crippen molar-refractivity contribution in [2.75, 3.05) is 7.11 Å². The Morgan fingerprint density at radius 1 is 1.24 bits per heavy atom. The SMILES string of the molecule is COc1ccc(C(N)c2ccnc(Cl)n2)cc1. The summed E-state index contributed by atoms with van der Waals surface area (Å²) < 4.78 is 5.09. The number of ether oxygens (including phenoxy) is 1. The van der Waals surface area contributed by atoms with E-state index in [0.29, 0.717) is 5.69 Å². The van der Waals surface area contributed by atoms with Gasteiger partial charge in [0.1, 0.15) is 5.75 Å². The second-order valence-corrected chi connectivity index (χ2v) is 3.84. The molecule has 1 aromatic heterocycles. The smallest absolute Gasteiger partial charge is 0.222 e. The van der Waals surface area contributed by atoms with Crippen molar-refractivity contribution in [1.82, 2.24) is 9.97 Å². The molecule has 1 unspecified atom stereocenters. The van der Waals surface area contributed by atoms with Crippen molar-refractivity contribution >= 4 is 11.6 Å². The molecule has 0 aliphatic heterocycles. The zero-order valence-corrected chi connectivity index (χ0v) is 10.1. The molecule has 0 saturated carbocycles. The van der Waals surface area contributed by atoms with Crippen LogP contribution in [0, 0.1) is 0 Å². The summed E-state index contributed by atoms with van der Waals surface area (Å²) in [5, 5.41) is 0.200. The second-order valence-electron chi connectivity index (χ2n) is 3.50. The number of nitrogens with zero attached hydrogens (tertiary/aromatic N) is 2. The van der Waals surface area contributed by atoms with E-state index in [0.717, 1.165) is 11.3 Å². The van der Waals surface area contributed by atoms with Gasteiger partial charge in [-0.2, -0.15) is 0 Å². The zero-order valence-electron chi connectivity index (χ0n) is 9.30. The fourth-order valence-corrected chi connectivity index (χ4v) is 1.66. The lowest BCUT2D eigenvalue weighted by molar-refractivity contribution is 0.414. The van der Waals surface area contributed by atoms with Crippen LogP contribution in [0.5, 0.6) is 5.75 Å². The summed E-state index contributed by atoms with van der Waals surface area (Å²) >= 11 is 5.73. The molecular formula is C12H12ClN3O. The van der Waals surface area contributed by atoms with Gasteiger partial charge in [0.2, 0.25) is 5.28 Å². The van der Waals surface area contributed by atoms with E-state index in [1.165, 1.54) is 0 Å². The van der Waals surface area contributed by atoms with Crippen LogP contribution < -0.4 is 10.5 Å². The molecule has 1 aromatic carbocycles. The Bertz CT molecular complexity index is 501. The van der Waals surface area contributed by atoms with Crippen LogP contribution >= 0.6 is 11.6 Å². The minimum atomic E-state index is -0.318. The van der Waals surface area contributed by atoms with Crippen molar-refractivity contribution in [2.24, 2.45) is 5.73 Å². The van der Waals surface area contributed by atoms with Gasteiger partial charge >= 0.3 is 0 Å². The summed E-state index contributed by atoms with van der Waals surface area (Å²) in [5.41, 5.74) is 7.72. The number of hydrogen-bond donors (Lipinski definition) is 1. The summed E-state index contributed by atoms with van der Waals surface area (Å²) in [6.07, 6.45) is 1.59. The van der Waals surface area contributed by atoms with Crippen molar-refractivity contribution in [2.45, 2.75) is 6.04 Å². The molecule has 1 atom stereocenters. The lowest BCUT2D eigenvalue weighted by Gasteiger charge is -2.11. The average Bonchev–Trinajstić information content (AvgIpc) is 2.38. The molecule has 0 fully saturated rings. The first-order chi connectivity index (χ1) is 8.20. The fourth-order valence-electron chi connectivity index (χ4n) is 1.50. The van der Waals surface area contributed by atoms with Crippen LogP contribution in [0.25, 0.3) is 0 Å². The first-order valence-electron chi connectivity index (χ1n) is 5.08. The van der Waals surface area contributed by atoms with Gasteiger partial charge < -0.3 is 10.5 Å². The molecule has 0 amide bonds. The van der Waals surface area contributed by atoms with Gasteiger partial charge in [0.15, 0.2) is 0 Å². The Balaban J connectivity index is 2.27. The van der Waals surface area contributed by atoms with Crippen LogP contribution in [0.4, 0.5) is 0 Å². The van der Waals surface area contributed by atoms with Crippen LogP contribution in [0.3, 0.4) is 0 Å². The fraction of sp³-hybridized carbons (Fsp3) is 0.167. The second kappa shape index (κ2) is 5.12. The molecule has 0 saturated heterocycles. The van der Waals surface area contributed by atoms with E-state index in [1.807, 2.05) is 24.3 Å². The Kier molecular flexibility index (Phi) is 3.56. The first kappa shape index (κ1) is 11.8. The lowest BCUT2D eigenvalue weighted by Crippen LogP contribution is -2.13. The van der Waals surface area contributed by atoms with Gasteiger partial charge in [-0.1, -0.05) is 12.1 Å². The van der Waals surface area contributed by atoms with Crippen LogP contribution in [0.1, 0.15) is 17.3 Å². The number of aromatic nitrogens is 2. The van der Waals surface area contributed by atoms with E-state index in [9.17, 15) is 0 Å². The molecule has 0 bridgehead atoms. The number of hydrogen-bond acceptors (Lipinski definition) is 4. The standard InChI is InChI=1S/C12H12ClN3O/c1-17-9-4-2-8(3-5-9)11(14)10-6-7-15-12(13)16-10/h2-7,11H,14H2,1H3. The molecule has 0 aliphatic rings. The summed E-state index contributed by atoms with van der Waals surface area (Å²) in [5.74, 6) is 0.793. The van der Waals surface area contributed by atoms with Crippen molar-refractivity contribution in [3.63, 3.8) is 0 Å². The molecule has 0 radical (unpaired) electrons. The van der Waals surface area contributed by atoms with Crippen molar-refractivity contribution in [1.29, 1.82) is 0 Å². The number of benzene rings is 1. The quantitative estimate of drug-likeness (QED) is 0.847. The highest BCUT2D eigenvalue weighted by Crippen LogP contribution is 2.20. The average molecular weight is 250 g/mol. The monoisotopic (exact) mass is 249 g/mol. The molecule has 1 heterocycles. The van der Waals surface area contributed by atoms with Crippen LogP contribution in [0.2, 0.25) is 5.28 Å². The molecule has 17 heavy (non-hydrogen) atoms. The van der Waals surface area contributed by atoms with E-state index in [2.05, 4.69) is 9.97 Å². The number of methoxy groups -OCH3 is 1. The minimum absolute atomic E-state index is 0.200.